The van der Waals surface area contributed by atoms with Crippen molar-refractivity contribution in [1.29, 1.82) is 0 Å². The summed E-state index contributed by atoms with van der Waals surface area (Å²) in [5.41, 5.74) is 5.67. The van der Waals surface area contributed by atoms with Crippen molar-refractivity contribution < 1.29 is 4.79 Å². The lowest BCUT2D eigenvalue weighted by Gasteiger charge is -2.10. The molecule has 1 aromatic heterocycles. The monoisotopic (exact) mass is 439 g/mol. The standard InChI is InChI=1S/C29H33N3O/c1-2-3-9-21-32-27-14-8-7-13-26(27)31-28(32)15-10-20-30-29(33)22-23-16-18-25(19-17-23)24-11-5-4-6-12-24/h4-8,11-14,16-19H,2-3,9-10,15,20-22H2,1H3,(H,30,33). The van der Waals surface area contributed by atoms with Gasteiger partial charge in [-0.1, -0.05) is 86.5 Å². The highest BCUT2D eigenvalue weighted by atomic mass is 16.1. The molecule has 3 aromatic carbocycles. The highest BCUT2D eigenvalue weighted by Gasteiger charge is 2.10. The van der Waals surface area contributed by atoms with Gasteiger partial charge in [0, 0.05) is 19.5 Å². The smallest absolute Gasteiger partial charge is 0.224 e. The van der Waals surface area contributed by atoms with Crippen molar-refractivity contribution in [2.75, 3.05) is 6.54 Å². The van der Waals surface area contributed by atoms with Crippen LogP contribution in [0.15, 0.2) is 78.9 Å². The van der Waals surface area contributed by atoms with Gasteiger partial charge in [0.05, 0.1) is 17.5 Å². The molecule has 1 N–H and O–H groups in total. The molecule has 33 heavy (non-hydrogen) atoms. The molecular formula is C29H33N3O. The van der Waals surface area contributed by atoms with Crippen molar-refractivity contribution in [3.05, 3.63) is 90.3 Å². The molecule has 0 aliphatic heterocycles. The normalized spacial score (nSPS) is 11.1. The maximum Gasteiger partial charge on any atom is 0.224 e. The molecule has 4 nitrogen and oxygen atoms in total. The molecular weight excluding hydrogens is 406 g/mol. The maximum absolute atomic E-state index is 12.4. The summed E-state index contributed by atoms with van der Waals surface area (Å²) in [5, 5.41) is 3.08. The SMILES string of the molecule is CCCCCn1c(CCCNC(=O)Cc2ccc(-c3ccccc3)cc2)nc2ccccc21. The fourth-order valence-electron chi connectivity index (χ4n) is 4.25. The summed E-state index contributed by atoms with van der Waals surface area (Å²) in [7, 11) is 0. The Morgan fingerprint density at radius 3 is 2.36 bits per heavy atom. The van der Waals surface area contributed by atoms with Crippen LogP contribution in [-0.2, 0) is 24.2 Å². The van der Waals surface area contributed by atoms with Crippen LogP contribution < -0.4 is 5.32 Å². The topological polar surface area (TPSA) is 46.9 Å². The first-order valence-electron chi connectivity index (χ1n) is 12.1. The van der Waals surface area contributed by atoms with Crippen LogP contribution in [-0.4, -0.2) is 22.0 Å². The molecule has 0 spiro atoms. The second kappa shape index (κ2) is 11.5. The number of carbonyl (C=O) groups is 1. The van der Waals surface area contributed by atoms with Gasteiger partial charge < -0.3 is 9.88 Å². The Labute approximate surface area is 196 Å². The molecule has 4 aromatic rings. The first kappa shape index (κ1) is 22.8. The number of hydrogen-bond donors (Lipinski definition) is 1. The van der Waals surface area contributed by atoms with Gasteiger partial charge in [0.2, 0.25) is 5.91 Å². The third-order valence-corrected chi connectivity index (χ3v) is 6.04. The number of fused-ring (bicyclic) bond motifs is 1. The molecule has 0 fully saturated rings. The van der Waals surface area contributed by atoms with E-state index in [0.29, 0.717) is 13.0 Å². The largest absolute Gasteiger partial charge is 0.356 e. The lowest BCUT2D eigenvalue weighted by atomic mass is 10.0. The number of imidazole rings is 1. The summed E-state index contributed by atoms with van der Waals surface area (Å²) in [6, 6.07) is 26.9. The Balaban J connectivity index is 1.27. The first-order valence-corrected chi connectivity index (χ1v) is 12.1. The van der Waals surface area contributed by atoms with Crippen LogP contribution in [0.2, 0.25) is 0 Å². The number of carbonyl (C=O) groups excluding carboxylic acids is 1. The average Bonchev–Trinajstić information content (AvgIpc) is 3.20. The second-order valence-electron chi connectivity index (χ2n) is 8.57. The Bertz CT molecular complexity index is 1160. The molecule has 4 heteroatoms. The van der Waals surface area contributed by atoms with Gasteiger partial charge in [-0.25, -0.2) is 4.98 Å². The number of nitrogens with zero attached hydrogens (tertiary/aromatic N) is 2. The van der Waals surface area contributed by atoms with E-state index in [4.69, 9.17) is 4.98 Å². The molecule has 0 aliphatic rings. The van der Waals surface area contributed by atoms with E-state index in [1.54, 1.807) is 0 Å². The van der Waals surface area contributed by atoms with Gasteiger partial charge in [-0.15, -0.1) is 0 Å². The third kappa shape index (κ3) is 6.10. The third-order valence-electron chi connectivity index (χ3n) is 6.04. The predicted octanol–water partition coefficient (Wildman–Crippen LogP) is 6.19. The molecule has 0 bridgehead atoms. The minimum atomic E-state index is 0.0684. The number of rotatable bonds is 11. The van der Waals surface area contributed by atoms with Crippen molar-refractivity contribution in [2.24, 2.45) is 0 Å². The first-order chi connectivity index (χ1) is 16.2. The van der Waals surface area contributed by atoms with E-state index >= 15 is 0 Å². The Morgan fingerprint density at radius 1 is 0.848 bits per heavy atom. The lowest BCUT2D eigenvalue weighted by Crippen LogP contribution is -2.26. The number of para-hydroxylation sites is 2. The molecule has 0 saturated carbocycles. The Morgan fingerprint density at radius 2 is 1.58 bits per heavy atom. The van der Waals surface area contributed by atoms with Gasteiger partial charge in [-0.2, -0.15) is 0 Å². The van der Waals surface area contributed by atoms with Gasteiger partial charge in [-0.3, -0.25) is 4.79 Å². The Hall–Kier alpha value is -3.40. The molecule has 0 atom stereocenters. The van der Waals surface area contributed by atoms with Crippen LogP contribution in [0.1, 0.15) is 44.0 Å². The molecule has 0 radical (unpaired) electrons. The van der Waals surface area contributed by atoms with Gasteiger partial charge in [-0.05, 0) is 41.7 Å². The highest BCUT2D eigenvalue weighted by Crippen LogP contribution is 2.20. The van der Waals surface area contributed by atoms with Gasteiger partial charge in [0.15, 0.2) is 0 Å². The van der Waals surface area contributed by atoms with E-state index in [0.717, 1.165) is 36.3 Å². The quantitative estimate of drug-likeness (QED) is 0.283. The van der Waals surface area contributed by atoms with Crippen molar-refractivity contribution in [3.8, 4) is 11.1 Å². The Kier molecular flexibility index (Phi) is 7.91. The van der Waals surface area contributed by atoms with Crippen LogP contribution in [0.4, 0.5) is 0 Å². The number of hydrogen-bond acceptors (Lipinski definition) is 2. The summed E-state index contributed by atoms with van der Waals surface area (Å²) >= 11 is 0. The lowest BCUT2D eigenvalue weighted by molar-refractivity contribution is -0.120. The number of aromatic nitrogens is 2. The molecule has 0 unspecified atom stereocenters. The van der Waals surface area contributed by atoms with Crippen LogP contribution >= 0.6 is 0 Å². The number of amides is 1. The molecule has 1 amide bonds. The van der Waals surface area contributed by atoms with Crippen molar-refractivity contribution in [3.63, 3.8) is 0 Å². The molecule has 0 aliphatic carbocycles. The predicted molar refractivity (Wildman–Crippen MR) is 136 cm³/mol. The van der Waals surface area contributed by atoms with Crippen molar-refractivity contribution in [1.82, 2.24) is 14.9 Å². The van der Waals surface area contributed by atoms with Crippen LogP contribution in [0.3, 0.4) is 0 Å². The summed E-state index contributed by atoms with van der Waals surface area (Å²) in [4.78, 5) is 17.3. The van der Waals surface area contributed by atoms with Crippen molar-refractivity contribution in [2.45, 2.75) is 52.0 Å². The van der Waals surface area contributed by atoms with E-state index < -0.39 is 0 Å². The van der Waals surface area contributed by atoms with E-state index in [1.165, 1.54) is 35.9 Å². The summed E-state index contributed by atoms with van der Waals surface area (Å²) in [6.07, 6.45) is 5.77. The average molecular weight is 440 g/mol. The minimum absolute atomic E-state index is 0.0684. The van der Waals surface area contributed by atoms with Crippen LogP contribution in [0.5, 0.6) is 0 Å². The second-order valence-corrected chi connectivity index (χ2v) is 8.57. The minimum Gasteiger partial charge on any atom is -0.356 e. The van der Waals surface area contributed by atoms with Gasteiger partial charge in [0.25, 0.3) is 0 Å². The number of benzene rings is 3. The molecule has 170 valence electrons. The fourth-order valence-corrected chi connectivity index (χ4v) is 4.25. The van der Waals surface area contributed by atoms with Gasteiger partial charge in [0.1, 0.15) is 5.82 Å². The van der Waals surface area contributed by atoms with Crippen molar-refractivity contribution >= 4 is 16.9 Å². The van der Waals surface area contributed by atoms with E-state index in [-0.39, 0.29) is 5.91 Å². The number of nitrogens with one attached hydrogen (secondary N) is 1. The van der Waals surface area contributed by atoms with E-state index in [1.807, 2.05) is 36.4 Å². The number of aryl methyl sites for hydroxylation is 2. The van der Waals surface area contributed by atoms with E-state index in [9.17, 15) is 4.79 Å². The zero-order valence-corrected chi connectivity index (χ0v) is 19.5. The summed E-state index contributed by atoms with van der Waals surface area (Å²) in [6.45, 7) is 3.90. The van der Waals surface area contributed by atoms with Crippen LogP contribution in [0.25, 0.3) is 22.2 Å². The van der Waals surface area contributed by atoms with Gasteiger partial charge >= 0.3 is 0 Å². The fraction of sp³-hybridized carbons (Fsp3) is 0.310. The summed E-state index contributed by atoms with van der Waals surface area (Å²) in [5.74, 6) is 1.19. The molecule has 1 heterocycles. The van der Waals surface area contributed by atoms with E-state index in [2.05, 4.69) is 59.3 Å². The highest BCUT2D eigenvalue weighted by molar-refractivity contribution is 5.79. The zero-order valence-electron chi connectivity index (χ0n) is 19.5. The molecule has 0 saturated heterocycles. The molecule has 4 rings (SSSR count). The van der Waals surface area contributed by atoms with Crippen LogP contribution in [0, 0.1) is 0 Å². The maximum atomic E-state index is 12.4. The zero-order chi connectivity index (χ0) is 22.9. The summed E-state index contributed by atoms with van der Waals surface area (Å²) < 4.78 is 2.36. The number of unbranched alkanes of at least 4 members (excludes halogenated alkanes) is 2.